The average molecular weight is 241 g/mol. The number of carbonyl (C=O) groups is 2. The van der Waals surface area contributed by atoms with E-state index in [1.807, 2.05) is 18.7 Å². The highest BCUT2D eigenvalue weighted by Gasteiger charge is 2.29. The molecule has 2 rings (SSSR count). The first-order chi connectivity index (χ1) is 8.06. The first-order valence-electron chi connectivity index (χ1n) is 6.02. The Labute approximate surface area is 101 Å². The van der Waals surface area contributed by atoms with Crippen LogP contribution in [0.15, 0.2) is 0 Å². The molecule has 0 radical (unpaired) electrons. The molecule has 3 amide bonds. The Morgan fingerprint density at radius 2 is 2.06 bits per heavy atom. The van der Waals surface area contributed by atoms with Crippen molar-refractivity contribution < 1.29 is 14.3 Å². The summed E-state index contributed by atoms with van der Waals surface area (Å²) in [5.74, 6) is -0.124. The monoisotopic (exact) mass is 241 g/mol. The van der Waals surface area contributed by atoms with Crippen LogP contribution in [-0.2, 0) is 9.53 Å². The molecule has 0 aromatic carbocycles. The molecule has 2 saturated heterocycles. The lowest BCUT2D eigenvalue weighted by molar-refractivity contribution is -0.132. The van der Waals surface area contributed by atoms with Crippen molar-refractivity contribution >= 4 is 11.9 Å². The number of urea groups is 1. The number of morpholine rings is 1. The van der Waals surface area contributed by atoms with Crippen molar-refractivity contribution in [2.45, 2.75) is 26.1 Å². The lowest BCUT2D eigenvalue weighted by Gasteiger charge is -2.35. The minimum atomic E-state index is -0.274. The van der Waals surface area contributed by atoms with Gasteiger partial charge in [0.05, 0.1) is 18.8 Å². The van der Waals surface area contributed by atoms with E-state index in [-0.39, 0.29) is 24.1 Å². The summed E-state index contributed by atoms with van der Waals surface area (Å²) in [7, 11) is 0. The molecular formula is C11H19N3O3. The number of hydrogen-bond acceptors (Lipinski definition) is 4. The van der Waals surface area contributed by atoms with E-state index in [0.717, 1.165) is 13.1 Å². The lowest BCUT2D eigenvalue weighted by Crippen LogP contribution is -2.50. The molecule has 2 aliphatic rings. The summed E-state index contributed by atoms with van der Waals surface area (Å²) < 4.78 is 5.60. The standard InChI is InChI=1S/C11H19N3O3/c1-8-5-13(6-9(2)17-8)7-10(15)14-4-3-12-11(14)16/h8-9H,3-7H2,1-2H3,(H,12,16)/t8-,9+. The summed E-state index contributed by atoms with van der Waals surface area (Å²) in [4.78, 5) is 26.6. The van der Waals surface area contributed by atoms with Crippen LogP contribution in [0.3, 0.4) is 0 Å². The molecule has 0 spiro atoms. The number of imide groups is 1. The van der Waals surface area contributed by atoms with Gasteiger partial charge in [0.15, 0.2) is 0 Å². The van der Waals surface area contributed by atoms with Crippen molar-refractivity contribution in [2.24, 2.45) is 0 Å². The van der Waals surface area contributed by atoms with Gasteiger partial charge in [0, 0.05) is 26.2 Å². The van der Waals surface area contributed by atoms with E-state index in [1.165, 1.54) is 4.90 Å². The molecule has 2 atom stereocenters. The van der Waals surface area contributed by atoms with Gasteiger partial charge in [-0.3, -0.25) is 14.6 Å². The van der Waals surface area contributed by atoms with E-state index in [0.29, 0.717) is 19.6 Å². The van der Waals surface area contributed by atoms with Gasteiger partial charge < -0.3 is 10.1 Å². The van der Waals surface area contributed by atoms with Gasteiger partial charge in [-0.05, 0) is 13.8 Å². The molecular weight excluding hydrogens is 222 g/mol. The van der Waals surface area contributed by atoms with Crippen LogP contribution in [0.5, 0.6) is 0 Å². The molecule has 2 aliphatic heterocycles. The maximum Gasteiger partial charge on any atom is 0.324 e. The second-order valence-corrected chi connectivity index (χ2v) is 4.73. The largest absolute Gasteiger partial charge is 0.373 e. The zero-order valence-electron chi connectivity index (χ0n) is 10.3. The zero-order chi connectivity index (χ0) is 12.4. The summed E-state index contributed by atoms with van der Waals surface area (Å²) in [6, 6.07) is -0.274. The van der Waals surface area contributed by atoms with E-state index in [2.05, 4.69) is 5.32 Å². The number of nitrogens with one attached hydrogen (secondary N) is 1. The van der Waals surface area contributed by atoms with Crippen molar-refractivity contribution in [2.75, 3.05) is 32.7 Å². The van der Waals surface area contributed by atoms with Crippen molar-refractivity contribution in [3.05, 3.63) is 0 Å². The molecule has 2 heterocycles. The Balaban J connectivity index is 1.87. The van der Waals surface area contributed by atoms with E-state index in [9.17, 15) is 9.59 Å². The third-order valence-corrected chi connectivity index (χ3v) is 3.01. The molecule has 6 nitrogen and oxygen atoms in total. The highest BCUT2D eigenvalue weighted by atomic mass is 16.5. The normalized spacial score (nSPS) is 30.5. The van der Waals surface area contributed by atoms with E-state index >= 15 is 0 Å². The van der Waals surface area contributed by atoms with Gasteiger partial charge in [0.2, 0.25) is 5.91 Å². The van der Waals surface area contributed by atoms with Crippen LogP contribution in [0, 0.1) is 0 Å². The molecule has 1 N–H and O–H groups in total. The molecule has 0 unspecified atom stereocenters. The van der Waals surface area contributed by atoms with Gasteiger partial charge >= 0.3 is 6.03 Å². The maximum atomic E-state index is 11.9. The van der Waals surface area contributed by atoms with Gasteiger partial charge in [-0.15, -0.1) is 0 Å². The Morgan fingerprint density at radius 1 is 1.41 bits per heavy atom. The smallest absolute Gasteiger partial charge is 0.324 e. The summed E-state index contributed by atoms with van der Waals surface area (Å²) in [5, 5.41) is 2.63. The zero-order valence-corrected chi connectivity index (χ0v) is 10.3. The van der Waals surface area contributed by atoms with Crippen LogP contribution in [-0.4, -0.2) is 66.7 Å². The predicted octanol–water partition coefficient (Wildman–Crippen LogP) is -0.353. The van der Waals surface area contributed by atoms with Gasteiger partial charge in [0.1, 0.15) is 0 Å². The summed E-state index contributed by atoms with van der Waals surface area (Å²) in [5.41, 5.74) is 0. The van der Waals surface area contributed by atoms with Crippen molar-refractivity contribution in [3.63, 3.8) is 0 Å². The number of nitrogens with zero attached hydrogens (tertiary/aromatic N) is 2. The highest BCUT2D eigenvalue weighted by molar-refractivity contribution is 5.96. The fourth-order valence-electron chi connectivity index (χ4n) is 2.40. The second-order valence-electron chi connectivity index (χ2n) is 4.73. The fraction of sp³-hybridized carbons (Fsp3) is 0.818. The number of amides is 3. The summed E-state index contributed by atoms with van der Waals surface area (Å²) in [6.07, 6.45) is 0.276. The minimum Gasteiger partial charge on any atom is -0.373 e. The predicted molar refractivity (Wildman–Crippen MR) is 61.6 cm³/mol. The number of rotatable bonds is 2. The molecule has 0 saturated carbocycles. The van der Waals surface area contributed by atoms with Crippen molar-refractivity contribution in [3.8, 4) is 0 Å². The van der Waals surface area contributed by atoms with Gasteiger partial charge in [-0.25, -0.2) is 4.79 Å². The molecule has 0 bridgehead atoms. The topological polar surface area (TPSA) is 61.9 Å². The fourth-order valence-corrected chi connectivity index (χ4v) is 2.40. The van der Waals surface area contributed by atoms with E-state index in [4.69, 9.17) is 4.74 Å². The SMILES string of the molecule is C[C@@H]1CN(CC(=O)N2CCNC2=O)C[C@H](C)O1. The van der Waals surface area contributed by atoms with Gasteiger partial charge in [0.25, 0.3) is 0 Å². The minimum absolute atomic E-state index is 0.124. The Bertz CT molecular complexity index is 311. The Kier molecular flexibility index (Phi) is 3.63. The molecule has 17 heavy (non-hydrogen) atoms. The van der Waals surface area contributed by atoms with Crippen LogP contribution < -0.4 is 5.32 Å². The summed E-state index contributed by atoms with van der Waals surface area (Å²) in [6.45, 7) is 6.81. The third-order valence-electron chi connectivity index (χ3n) is 3.01. The third kappa shape index (κ3) is 2.95. The molecule has 96 valence electrons. The first-order valence-corrected chi connectivity index (χ1v) is 6.02. The first kappa shape index (κ1) is 12.3. The molecule has 2 fully saturated rings. The van der Waals surface area contributed by atoms with Crippen LogP contribution in [0.25, 0.3) is 0 Å². The lowest BCUT2D eigenvalue weighted by atomic mass is 10.2. The Morgan fingerprint density at radius 3 is 2.59 bits per heavy atom. The van der Waals surface area contributed by atoms with E-state index < -0.39 is 0 Å². The molecule has 6 heteroatoms. The number of hydrogen-bond donors (Lipinski definition) is 1. The summed E-state index contributed by atoms with van der Waals surface area (Å²) >= 11 is 0. The average Bonchev–Trinajstić information content (AvgIpc) is 2.62. The highest BCUT2D eigenvalue weighted by Crippen LogP contribution is 2.11. The molecule has 0 aromatic rings. The second kappa shape index (κ2) is 5.01. The van der Waals surface area contributed by atoms with Crippen LogP contribution >= 0.6 is 0 Å². The van der Waals surface area contributed by atoms with Crippen LogP contribution in [0.4, 0.5) is 4.79 Å². The number of carbonyl (C=O) groups excluding carboxylic acids is 2. The van der Waals surface area contributed by atoms with Crippen molar-refractivity contribution in [1.82, 2.24) is 15.1 Å². The molecule has 0 aliphatic carbocycles. The Hall–Kier alpha value is -1.14. The van der Waals surface area contributed by atoms with Gasteiger partial charge in [-0.1, -0.05) is 0 Å². The van der Waals surface area contributed by atoms with Crippen LogP contribution in [0.1, 0.15) is 13.8 Å². The van der Waals surface area contributed by atoms with Gasteiger partial charge in [-0.2, -0.15) is 0 Å². The van der Waals surface area contributed by atoms with Crippen LogP contribution in [0.2, 0.25) is 0 Å². The van der Waals surface area contributed by atoms with E-state index in [1.54, 1.807) is 0 Å². The maximum absolute atomic E-state index is 11.9. The molecule has 0 aromatic heterocycles. The quantitative estimate of drug-likeness (QED) is 0.717. The number of ether oxygens (including phenoxy) is 1. The van der Waals surface area contributed by atoms with Crippen molar-refractivity contribution in [1.29, 1.82) is 0 Å².